The summed E-state index contributed by atoms with van der Waals surface area (Å²) in [5.74, 6) is 2.79. The van der Waals surface area contributed by atoms with Gasteiger partial charge < -0.3 is 5.32 Å². The fourth-order valence-electron chi connectivity index (χ4n) is 4.74. The molecule has 0 spiro atoms. The van der Waals surface area contributed by atoms with Crippen LogP contribution in [0.1, 0.15) is 72.1 Å². The molecule has 1 aliphatic heterocycles. The lowest BCUT2D eigenvalue weighted by Gasteiger charge is -2.43. The van der Waals surface area contributed by atoms with Gasteiger partial charge in [-0.25, -0.2) is 0 Å². The van der Waals surface area contributed by atoms with E-state index in [1.807, 2.05) is 0 Å². The fourth-order valence-corrected chi connectivity index (χ4v) is 4.74. The summed E-state index contributed by atoms with van der Waals surface area (Å²) < 4.78 is 0. The van der Waals surface area contributed by atoms with Gasteiger partial charge in [-0.1, -0.05) is 33.6 Å². The van der Waals surface area contributed by atoms with Crippen molar-refractivity contribution in [2.45, 2.75) is 84.2 Å². The van der Waals surface area contributed by atoms with Crippen LogP contribution in [0.25, 0.3) is 0 Å². The molecule has 2 aliphatic rings. The van der Waals surface area contributed by atoms with Gasteiger partial charge in [-0.05, 0) is 76.4 Å². The number of likely N-dealkylation sites (tertiary alicyclic amines) is 1. The van der Waals surface area contributed by atoms with Crippen molar-refractivity contribution < 1.29 is 0 Å². The van der Waals surface area contributed by atoms with Crippen LogP contribution < -0.4 is 5.32 Å². The van der Waals surface area contributed by atoms with Gasteiger partial charge in [0.15, 0.2) is 0 Å². The van der Waals surface area contributed by atoms with Crippen molar-refractivity contribution in [1.82, 2.24) is 10.2 Å². The largest absolute Gasteiger partial charge is 0.315 e. The summed E-state index contributed by atoms with van der Waals surface area (Å²) in [7, 11) is 2.17. The van der Waals surface area contributed by atoms with Crippen LogP contribution in [0.2, 0.25) is 0 Å². The number of likely N-dealkylation sites (N-methyl/N-ethyl adjacent to an activating group) is 1. The highest BCUT2D eigenvalue weighted by Gasteiger charge is 2.35. The Hall–Kier alpha value is -0.0800. The van der Waals surface area contributed by atoms with E-state index in [1.54, 1.807) is 0 Å². The van der Waals surface area contributed by atoms with Crippen molar-refractivity contribution in [3.8, 4) is 0 Å². The second-order valence-electron chi connectivity index (χ2n) is 7.90. The predicted octanol–water partition coefficient (Wildman–Crippen LogP) is 4.30. The minimum absolute atomic E-state index is 0.725. The summed E-state index contributed by atoms with van der Waals surface area (Å²) in [6.07, 6.45) is 11.4. The van der Waals surface area contributed by atoms with Crippen molar-refractivity contribution in [1.29, 1.82) is 0 Å². The van der Waals surface area contributed by atoms with E-state index in [0.717, 1.165) is 29.8 Å². The molecule has 4 unspecified atom stereocenters. The first-order valence-corrected chi connectivity index (χ1v) is 9.57. The number of rotatable bonds is 5. The van der Waals surface area contributed by atoms with Gasteiger partial charge in [0.25, 0.3) is 0 Å². The Morgan fingerprint density at radius 1 is 1.10 bits per heavy atom. The quantitative estimate of drug-likeness (QED) is 0.813. The Morgan fingerprint density at radius 2 is 1.90 bits per heavy atom. The van der Waals surface area contributed by atoms with Gasteiger partial charge in [-0.15, -0.1) is 0 Å². The summed E-state index contributed by atoms with van der Waals surface area (Å²) in [6.45, 7) is 9.86. The van der Waals surface area contributed by atoms with E-state index in [2.05, 4.69) is 38.0 Å². The lowest BCUT2D eigenvalue weighted by molar-refractivity contribution is 0.0873. The van der Waals surface area contributed by atoms with Crippen LogP contribution in [0.4, 0.5) is 0 Å². The maximum atomic E-state index is 3.63. The first-order chi connectivity index (χ1) is 10.2. The predicted molar refractivity (Wildman–Crippen MR) is 92.6 cm³/mol. The monoisotopic (exact) mass is 294 g/mol. The molecule has 0 bridgehead atoms. The van der Waals surface area contributed by atoms with Crippen LogP contribution in [0, 0.1) is 17.8 Å². The highest BCUT2D eigenvalue weighted by molar-refractivity contribution is 4.92. The Labute approximate surface area is 133 Å². The number of nitrogens with zero attached hydrogens (tertiary/aromatic N) is 1. The Balaban J connectivity index is 1.96. The summed E-state index contributed by atoms with van der Waals surface area (Å²) >= 11 is 0. The molecule has 0 aromatic carbocycles. The zero-order chi connectivity index (χ0) is 15.2. The van der Waals surface area contributed by atoms with Gasteiger partial charge in [0.05, 0.1) is 0 Å². The molecule has 1 aliphatic carbocycles. The van der Waals surface area contributed by atoms with Gasteiger partial charge in [0, 0.05) is 12.1 Å². The van der Waals surface area contributed by atoms with E-state index in [0.29, 0.717) is 0 Å². The molecule has 2 nitrogen and oxygen atoms in total. The van der Waals surface area contributed by atoms with E-state index < -0.39 is 0 Å². The number of hydrogen-bond acceptors (Lipinski definition) is 2. The molecule has 2 rings (SSSR count). The summed E-state index contributed by atoms with van der Waals surface area (Å²) in [5.41, 5.74) is 0. The zero-order valence-corrected chi connectivity index (χ0v) is 14.9. The number of nitrogens with one attached hydrogen (secondary N) is 1. The third kappa shape index (κ3) is 4.69. The fraction of sp³-hybridized carbons (Fsp3) is 1.00. The summed E-state index contributed by atoms with van der Waals surface area (Å²) in [5, 5.41) is 3.63. The maximum absolute atomic E-state index is 3.63. The van der Waals surface area contributed by atoms with E-state index in [9.17, 15) is 0 Å². The first kappa shape index (κ1) is 17.3. The van der Waals surface area contributed by atoms with Gasteiger partial charge in [0.1, 0.15) is 0 Å². The zero-order valence-electron chi connectivity index (χ0n) is 14.9. The highest BCUT2D eigenvalue weighted by Crippen LogP contribution is 2.34. The summed E-state index contributed by atoms with van der Waals surface area (Å²) in [4.78, 5) is 2.85. The molecule has 1 heterocycles. The van der Waals surface area contributed by atoms with E-state index in [-0.39, 0.29) is 0 Å². The lowest BCUT2D eigenvalue weighted by Crippen LogP contribution is -2.53. The minimum Gasteiger partial charge on any atom is -0.315 e. The molecule has 0 amide bonds. The van der Waals surface area contributed by atoms with Crippen molar-refractivity contribution in [3.05, 3.63) is 0 Å². The van der Waals surface area contributed by atoms with Gasteiger partial charge in [0.2, 0.25) is 0 Å². The normalized spacial score (nSPS) is 35.9. The molecule has 0 aromatic heterocycles. The van der Waals surface area contributed by atoms with Crippen LogP contribution in [-0.4, -0.2) is 37.1 Å². The third-order valence-corrected chi connectivity index (χ3v) is 6.22. The van der Waals surface area contributed by atoms with Gasteiger partial charge >= 0.3 is 0 Å². The molecule has 1 N–H and O–H groups in total. The highest BCUT2D eigenvalue weighted by atomic mass is 15.2. The van der Waals surface area contributed by atoms with Crippen LogP contribution in [0.3, 0.4) is 0 Å². The van der Waals surface area contributed by atoms with E-state index >= 15 is 0 Å². The van der Waals surface area contributed by atoms with Gasteiger partial charge in [-0.3, -0.25) is 4.90 Å². The number of hydrogen-bond donors (Lipinski definition) is 1. The Bertz CT molecular complexity index is 289. The first-order valence-electron chi connectivity index (χ1n) is 9.57. The summed E-state index contributed by atoms with van der Waals surface area (Å²) in [6, 6.07) is 1.51. The molecule has 21 heavy (non-hydrogen) atoms. The molecule has 124 valence electrons. The average molecular weight is 295 g/mol. The molecule has 4 atom stereocenters. The Kier molecular flexibility index (Phi) is 7.01. The van der Waals surface area contributed by atoms with Crippen LogP contribution >= 0.6 is 0 Å². The SMILES string of the molecule is CCCC1CCCN(C2CC(C(C)C)CCC2NC)CC1. The third-order valence-electron chi connectivity index (χ3n) is 6.22. The average Bonchev–Trinajstić information content (AvgIpc) is 2.72. The standard InChI is InChI=1S/C19H38N2/c1-5-7-16-8-6-12-21(13-11-16)19-14-17(15(2)3)9-10-18(19)20-4/h15-20H,5-14H2,1-4H3. The van der Waals surface area contributed by atoms with Crippen LogP contribution in [-0.2, 0) is 0 Å². The van der Waals surface area contributed by atoms with Crippen LogP contribution in [0.15, 0.2) is 0 Å². The van der Waals surface area contributed by atoms with Crippen LogP contribution in [0.5, 0.6) is 0 Å². The van der Waals surface area contributed by atoms with Gasteiger partial charge in [-0.2, -0.15) is 0 Å². The minimum atomic E-state index is 0.725. The van der Waals surface area contributed by atoms with Crippen molar-refractivity contribution >= 4 is 0 Å². The second kappa shape index (κ2) is 8.53. The van der Waals surface area contributed by atoms with Crippen molar-refractivity contribution in [2.24, 2.45) is 17.8 Å². The molecule has 2 fully saturated rings. The molecule has 1 saturated carbocycles. The van der Waals surface area contributed by atoms with E-state index in [4.69, 9.17) is 0 Å². The van der Waals surface area contributed by atoms with Crippen molar-refractivity contribution in [2.75, 3.05) is 20.1 Å². The molecule has 0 radical (unpaired) electrons. The molecule has 2 heteroatoms. The molecular formula is C19H38N2. The molecule has 0 aromatic rings. The second-order valence-corrected chi connectivity index (χ2v) is 7.90. The smallest absolute Gasteiger partial charge is 0.0251 e. The maximum Gasteiger partial charge on any atom is 0.0251 e. The lowest BCUT2D eigenvalue weighted by atomic mass is 9.76. The molecular weight excluding hydrogens is 256 g/mol. The molecule has 1 saturated heterocycles. The van der Waals surface area contributed by atoms with E-state index in [1.165, 1.54) is 64.5 Å². The topological polar surface area (TPSA) is 15.3 Å². The Morgan fingerprint density at radius 3 is 2.57 bits per heavy atom. The van der Waals surface area contributed by atoms with Crippen molar-refractivity contribution in [3.63, 3.8) is 0 Å².